The van der Waals surface area contributed by atoms with E-state index in [0.29, 0.717) is 12.0 Å². The molecule has 0 aliphatic rings. The molecule has 0 aliphatic carbocycles. The average molecular weight is 259 g/mol. The van der Waals surface area contributed by atoms with E-state index in [-0.39, 0.29) is 0 Å². The van der Waals surface area contributed by atoms with Crippen molar-refractivity contribution in [3.05, 3.63) is 10.7 Å². The van der Waals surface area contributed by atoms with E-state index in [9.17, 15) is 0 Å². The second-order valence-corrected chi connectivity index (χ2v) is 4.07. The highest BCUT2D eigenvalue weighted by molar-refractivity contribution is 9.10. The molecular weight excluding hydrogens is 244 g/mol. The molecule has 2 N–H and O–H groups in total. The number of hydrogen-bond acceptors (Lipinski definition) is 4. The number of rotatable bonds is 4. The zero-order chi connectivity index (χ0) is 10.6. The summed E-state index contributed by atoms with van der Waals surface area (Å²) in [7, 11) is 0. The van der Waals surface area contributed by atoms with Gasteiger partial charge in [-0.05, 0) is 36.7 Å². The summed E-state index contributed by atoms with van der Waals surface area (Å²) in [6.07, 6.45) is 1.75. The maximum absolute atomic E-state index is 4.32. The van der Waals surface area contributed by atoms with E-state index < -0.39 is 0 Å². The minimum atomic E-state index is 0.357. The molecule has 5 heteroatoms. The number of aromatic nitrogens is 2. The molecule has 0 radical (unpaired) electrons. The molecule has 1 aromatic rings. The van der Waals surface area contributed by atoms with Gasteiger partial charge in [-0.25, -0.2) is 4.98 Å². The van der Waals surface area contributed by atoms with Crippen molar-refractivity contribution in [3.63, 3.8) is 0 Å². The summed E-state index contributed by atoms with van der Waals surface area (Å²) < 4.78 is 0.882. The predicted octanol–water partition coefficient (Wildman–Crippen LogP) is 2.49. The molecule has 0 spiro atoms. The van der Waals surface area contributed by atoms with Gasteiger partial charge in [-0.2, -0.15) is 4.98 Å². The van der Waals surface area contributed by atoms with E-state index in [0.717, 1.165) is 16.8 Å². The van der Waals surface area contributed by atoms with Crippen LogP contribution in [0.15, 0.2) is 10.7 Å². The van der Waals surface area contributed by atoms with Crippen molar-refractivity contribution in [2.24, 2.45) is 0 Å². The highest BCUT2D eigenvalue weighted by atomic mass is 79.9. The van der Waals surface area contributed by atoms with Gasteiger partial charge in [0.15, 0.2) is 0 Å². The Kier molecular flexibility index (Phi) is 4.13. The average Bonchev–Trinajstić information content (AvgIpc) is 2.10. The lowest BCUT2D eigenvalue weighted by Crippen LogP contribution is -2.13. The molecule has 0 saturated heterocycles. The van der Waals surface area contributed by atoms with Crippen LogP contribution in [0.25, 0.3) is 0 Å². The summed E-state index contributed by atoms with van der Waals surface area (Å²) in [4.78, 5) is 8.45. The molecule has 78 valence electrons. The van der Waals surface area contributed by atoms with Gasteiger partial charge in [-0.1, -0.05) is 0 Å². The Morgan fingerprint density at radius 1 is 1.50 bits per heavy atom. The highest BCUT2D eigenvalue weighted by Crippen LogP contribution is 2.20. The Morgan fingerprint density at radius 3 is 2.79 bits per heavy atom. The topological polar surface area (TPSA) is 49.8 Å². The molecule has 0 fully saturated rings. The van der Waals surface area contributed by atoms with Crippen LogP contribution in [0.2, 0.25) is 0 Å². The fourth-order valence-electron chi connectivity index (χ4n) is 0.985. The Balaban J connectivity index is 2.84. The van der Waals surface area contributed by atoms with Gasteiger partial charge in [-0.15, -0.1) is 0 Å². The van der Waals surface area contributed by atoms with Gasteiger partial charge in [0, 0.05) is 18.8 Å². The van der Waals surface area contributed by atoms with Crippen molar-refractivity contribution in [1.82, 2.24) is 9.97 Å². The monoisotopic (exact) mass is 258 g/mol. The number of anilines is 2. The molecule has 0 aromatic carbocycles. The number of halogens is 1. The molecule has 1 heterocycles. The van der Waals surface area contributed by atoms with Crippen LogP contribution in [0.4, 0.5) is 11.8 Å². The first-order valence-electron chi connectivity index (χ1n) is 4.66. The molecule has 14 heavy (non-hydrogen) atoms. The van der Waals surface area contributed by atoms with Crippen LogP contribution in [0.5, 0.6) is 0 Å². The third-order valence-corrected chi connectivity index (χ3v) is 2.08. The van der Waals surface area contributed by atoms with Crippen LogP contribution >= 0.6 is 15.9 Å². The first kappa shape index (κ1) is 11.2. The quantitative estimate of drug-likeness (QED) is 0.872. The molecule has 1 aromatic heterocycles. The van der Waals surface area contributed by atoms with Crippen molar-refractivity contribution in [3.8, 4) is 0 Å². The summed E-state index contributed by atoms with van der Waals surface area (Å²) >= 11 is 3.39. The van der Waals surface area contributed by atoms with Crippen LogP contribution in [-0.4, -0.2) is 22.6 Å². The normalized spacial score (nSPS) is 10.4. The van der Waals surface area contributed by atoms with E-state index in [4.69, 9.17) is 0 Å². The van der Waals surface area contributed by atoms with Crippen molar-refractivity contribution < 1.29 is 0 Å². The number of hydrogen-bond donors (Lipinski definition) is 2. The van der Waals surface area contributed by atoms with Crippen LogP contribution in [0.1, 0.15) is 20.8 Å². The molecule has 0 bridgehead atoms. The maximum Gasteiger partial charge on any atom is 0.224 e. The molecule has 0 saturated carbocycles. The summed E-state index contributed by atoms with van der Waals surface area (Å²) in [5, 5.41) is 6.30. The standard InChI is InChI=1S/C9H15BrN4/c1-4-11-9-12-5-7(10)8(14-9)13-6(2)3/h5-6H,4H2,1-3H3,(H2,11,12,13,14). The van der Waals surface area contributed by atoms with Crippen LogP contribution in [0.3, 0.4) is 0 Å². The highest BCUT2D eigenvalue weighted by Gasteiger charge is 2.04. The minimum Gasteiger partial charge on any atom is -0.367 e. The Hall–Kier alpha value is -0.840. The molecule has 0 atom stereocenters. The Labute approximate surface area is 92.7 Å². The largest absolute Gasteiger partial charge is 0.367 e. The molecule has 0 aliphatic heterocycles. The molecular formula is C9H15BrN4. The van der Waals surface area contributed by atoms with Crippen LogP contribution in [0, 0.1) is 0 Å². The number of nitrogens with zero attached hydrogens (tertiary/aromatic N) is 2. The smallest absolute Gasteiger partial charge is 0.224 e. The second kappa shape index (κ2) is 5.14. The van der Waals surface area contributed by atoms with E-state index in [1.165, 1.54) is 0 Å². The lowest BCUT2D eigenvalue weighted by atomic mass is 10.4. The predicted molar refractivity (Wildman–Crippen MR) is 62.7 cm³/mol. The Morgan fingerprint density at radius 2 is 2.21 bits per heavy atom. The number of nitrogens with one attached hydrogen (secondary N) is 2. The van der Waals surface area contributed by atoms with Gasteiger partial charge in [0.2, 0.25) is 5.95 Å². The summed E-state index contributed by atoms with van der Waals surface area (Å²) in [5.41, 5.74) is 0. The lowest BCUT2D eigenvalue weighted by molar-refractivity contribution is 0.883. The van der Waals surface area contributed by atoms with Gasteiger partial charge < -0.3 is 10.6 Å². The van der Waals surface area contributed by atoms with Crippen molar-refractivity contribution in [1.29, 1.82) is 0 Å². The van der Waals surface area contributed by atoms with Crippen molar-refractivity contribution >= 4 is 27.7 Å². The van der Waals surface area contributed by atoms with Gasteiger partial charge in [0.1, 0.15) is 5.82 Å². The molecule has 0 amide bonds. The zero-order valence-corrected chi connectivity index (χ0v) is 10.2. The molecule has 1 rings (SSSR count). The minimum absolute atomic E-state index is 0.357. The van der Waals surface area contributed by atoms with Gasteiger partial charge in [0.25, 0.3) is 0 Å². The first-order chi connectivity index (χ1) is 6.63. The van der Waals surface area contributed by atoms with Crippen LogP contribution < -0.4 is 10.6 Å². The van der Waals surface area contributed by atoms with Crippen molar-refractivity contribution in [2.75, 3.05) is 17.2 Å². The van der Waals surface area contributed by atoms with Crippen molar-refractivity contribution in [2.45, 2.75) is 26.8 Å². The van der Waals surface area contributed by atoms with E-state index >= 15 is 0 Å². The van der Waals surface area contributed by atoms with Gasteiger partial charge in [0.05, 0.1) is 4.47 Å². The first-order valence-corrected chi connectivity index (χ1v) is 5.45. The zero-order valence-electron chi connectivity index (χ0n) is 8.63. The van der Waals surface area contributed by atoms with E-state index in [1.54, 1.807) is 6.20 Å². The fraction of sp³-hybridized carbons (Fsp3) is 0.556. The fourth-order valence-corrected chi connectivity index (χ4v) is 1.29. The summed E-state index contributed by atoms with van der Waals surface area (Å²) in [5.74, 6) is 1.48. The Bertz CT molecular complexity index is 301. The molecule has 0 unspecified atom stereocenters. The maximum atomic E-state index is 4.32. The van der Waals surface area contributed by atoms with Crippen LogP contribution in [-0.2, 0) is 0 Å². The molecule has 4 nitrogen and oxygen atoms in total. The van der Waals surface area contributed by atoms with E-state index in [2.05, 4.69) is 50.4 Å². The SMILES string of the molecule is CCNc1ncc(Br)c(NC(C)C)n1. The van der Waals surface area contributed by atoms with E-state index in [1.807, 2.05) is 6.92 Å². The second-order valence-electron chi connectivity index (χ2n) is 3.22. The van der Waals surface area contributed by atoms with Gasteiger partial charge >= 0.3 is 0 Å². The van der Waals surface area contributed by atoms with Gasteiger partial charge in [-0.3, -0.25) is 0 Å². The third-order valence-electron chi connectivity index (χ3n) is 1.50. The third kappa shape index (κ3) is 3.14. The summed E-state index contributed by atoms with van der Waals surface area (Å²) in [6, 6.07) is 0.357. The summed E-state index contributed by atoms with van der Waals surface area (Å²) in [6.45, 7) is 6.98. The lowest BCUT2D eigenvalue weighted by Gasteiger charge is -2.11.